The summed E-state index contributed by atoms with van der Waals surface area (Å²) in [4.78, 5) is 12.6. The predicted octanol–water partition coefficient (Wildman–Crippen LogP) is 4.07. The average Bonchev–Trinajstić information content (AvgIpc) is 2.77. The lowest BCUT2D eigenvalue weighted by molar-refractivity contribution is 0.102. The molecule has 0 heterocycles. The highest BCUT2D eigenvalue weighted by Gasteiger charge is 2.16. The van der Waals surface area contributed by atoms with Crippen LogP contribution in [0.5, 0.6) is 5.75 Å². The number of rotatable bonds is 9. The summed E-state index contributed by atoms with van der Waals surface area (Å²) >= 11 is 0. The number of amides is 1. The number of nitrogens with one attached hydrogen (secondary N) is 2. The monoisotopic (exact) mass is 440 g/mol. The smallest absolute Gasteiger partial charge is 0.261 e. The lowest BCUT2D eigenvalue weighted by Crippen LogP contribution is -2.15. The first kappa shape index (κ1) is 22.3. The van der Waals surface area contributed by atoms with Crippen LogP contribution in [0.4, 0.5) is 11.4 Å². The molecule has 3 aromatic carbocycles. The minimum Gasteiger partial charge on any atom is -0.491 e. The van der Waals surface area contributed by atoms with Gasteiger partial charge in [0.2, 0.25) is 0 Å². The first-order valence-electron chi connectivity index (χ1n) is 9.61. The van der Waals surface area contributed by atoms with Crippen LogP contribution in [0, 0.1) is 6.92 Å². The molecule has 162 valence electrons. The van der Waals surface area contributed by atoms with Crippen LogP contribution >= 0.6 is 0 Å². The molecule has 0 aromatic heterocycles. The number of methoxy groups -OCH3 is 1. The van der Waals surface area contributed by atoms with E-state index < -0.39 is 10.0 Å². The summed E-state index contributed by atoms with van der Waals surface area (Å²) in [5.74, 6) is 0.328. The van der Waals surface area contributed by atoms with Crippen molar-refractivity contribution in [3.8, 4) is 5.75 Å². The van der Waals surface area contributed by atoms with E-state index in [-0.39, 0.29) is 10.8 Å². The Bertz CT molecular complexity index is 1130. The summed E-state index contributed by atoms with van der Waals surface area (Å²) in [5, 5.41) is 2.77. The molecule has 0 radical (unpaired) electrons. The second kappa shape index (κ2) is 10.1. The Balaban J connectivity index is 1.64. The normalized spacial score (nSPS) is 11.0. The number of hydrogen-bond donors (Lipinski definition) is 2. The van der Waals surface area contributed by atoms with Crippen molar-refractivity contribution in [3.63, 3.8) is 0 Å². The van der Waals surface area contributed by atoms with E-state index in [9.17, 15) is 13.2 Å². The predicted molar refractivity (Wildman–Crippen MR) is 120 cm³/mol. The Morgan fingerprint density at radius 3 is 2.23 bits per heavy atom. The molecule has 3 rings (SSSR count). The summed E-state index contributed by atoms with van der Waals surface area (Å²) in [6.07, 6.45) is 0. The van der Waals surface area contributed by atoms with Crippen LogP contribution in [-0.2, 0) is 14.8 Å². The number of aryl methyl sites for hydroxylation is 1. The zero-order valence-corrected chi connectivity index (χ0v) is 18.1. The van der Waals surface area contributed by atoms with Crippen LogP contribution in [0.3, 0.4) is 0 Å². The Labute approximate surface area is 182 Å². The van der Waals surface area contributed by atoms with Crippen molar-refractivity contribution in [2.24, 2.45) is 0 Å². The molecule has 31 heavy (non-hydrogen) atoms. The van der Waals surface area contributed by atoms with Gasteiger partial charge in [0.25, 0.3) is 15.9 Å². The van der Waals surface area contributed by atoms with Gasteiger partial charge in [-0.05, 0) is 67.1 Å². The van der Waals surface area contributed by atoms with E-state index >= 15 is 0 Å². The summed E-state index contributed by atoms with van der Waals surface area (Å²) in [6.45, 7) is 2.75. The molecule has 0 aliphatic heterocycles. The number of carbonyl (C=O) groups excluding carboxylic acids is 1. The number of hydrogen-bond acceptors (Lipinski definition) is 5. The third kappa shape index (κ3) is 6.07. The molecule has 8 heteroatoms. The van der Waals surface area contributed by atoms with Crippen LogP contribution in [0.15, 0.2) is 77.7 Å². The zero-order chi connectivity index (χ0) is 22.3. The summed E-state index contributed by atoms with van der Waals surface area (Å²) in [6, 6.07) is 19.8. The van der Waals surface area contributed by atoms with Crippen molar-refractivity contribution in [2.75, 3.05) is 30.4 Å². The van der Waals surface area contributed by atoms with Crippen molar-refractivity contribution in [2.45, 2.75) is 11.8 Å². The third-order valence-corrected chi connectivity index (χ3v) is 5.87. The fourth-order valence-electron chi connectivity index (χ4n) is 2.76. The molecule has 0 aliphatic rings. The summed E-state index contributed by atoms with van der Waals surface area (Å²) in [7, 11) is -2.15. The van der Waals surface area contributed by atoms with Gasteiger partial charge in [0.1, 0.15) is 12.4 Å². The second-order valence-corrected chi connectivity index (χ2v) is 8.45. The van der Waals surface area contributed by atoms with Crippen molar-refractivity contribution >= 4 is 27.3 Å². The highest BCUT2D eigenvalue weighted by atomic mass is 32.2. The molecule has 0 saturated carbocycles. The van der Waals surface area contributed by atoms with E-state index in [4.69, 9.17) is 9.47 Å². The number of anilines is 2. The average molecular weight is 441 g/mol. The van der Waals surface area contributed by atoms with Gasteiger partial charge >= 0.3 is 0 Å². The quantitative estimate of drug-likeness (QED) is 0.489. The molecule has 0 bridgehead atoms. The van der Waals surface area contributed by atoms with Crippen molar-refractivity contribution in [1.29, 1.82) is 0 Å². The van der Waals surface area contributed by atoms with Gasteiger partial charge in [-0.1, -0.05) is 18.2 Å². The van der Waals surface area contributed by atoms with Gasteiger partial charge in [0.15, 0.2) is 0 Å². The van der Waals surface area contributed by atoms with Gasteiger partial charge in [0.05, 0.1) is 17.2 Å². The van der Waals surface area contributed by atoms with Crippen molar-refractivity contribution in [1.82, 2.24) is 0 Å². The maximum atomic E-state index is 12.6. The molecule has 0 fully saturated rings. The number of ether oxygens (including phenoxy) is 2. The number of sulfonamides is 1. The molecule has 0 aliphatic carbocycles. The molecular weight excluding hydrogens is 416 g/mol. The molecule has 0 unspecified atom stereocenters. The largest absolute Gasteiger partial charge is 0.491 e. The highest BCUT2D eigenvalue weighted by Crippen LogP contribution is 2.20. The van der Waals surface area contributed by atoms with E-state index in [0.29, 0.717) is 35.9 Å². The standard InChI is InChI=1S/C23H24N2O5S/c1-17-5-3-4-6-22(17)25-31(27,28)21-13-7-18(8-14-21)23(26)24-19-9-11-20(12-10-19)30-16-15-29-2/h3-14,25H,15-16H2,1-2H3,(H,24,26). The highest BCUT2D eigenvalue weighted by molar-refractivity contribution is 7.92. The van der Waals surface area contributed by atoms with Gasteiger partial charge in [-0.2, -0.15) is 0 Å². The molecular formula is C23H24N2O5S. The van der Waals surface area contributed by atoms with E-state index in [0.717, 1.165) is 5.56 Å². The molecule has 2 N–H and O–H groups in total. The fourth-order valence-corrected chi connectivity index (χ4v) is 3.89. The molecule has 7 nitrogen and oxygen atoms in total. The Morgan fingerprint density at radius 1 is 0.903 bits per heavy atom. The lowest BCUT2D eigenvalue weighted by atomic mass is 10.2. The summed E-state index contributed by atoms with van der Waals surface area (Å²) in [5.41, 5.74) is 2.27. The maximum Gasteiger partial charge on any atom is 0.261 e. The minimum absolute atomic E-state index is 0.0739. The maximum absolute atomic E-state index is 12.6. The SMILES string of the molecule is COCCOc1ccc(NC(=O)c2ccc(S(=O)(=O)Nc3ccccc3C)cc2)cc1. The van der Waals surface area contributed by atoms with Gasteiger partial charge in [-0.15, -0.1) is 0 Å². The van der Waals surface area contributed by atoms with E-state index in [2.05, 4.69) is 10.0 Å². The topological polar surface area (TPSA) is 93.7 Å². The Hall–Kier alpha value is -3.36. The Kier molecular flexibility index (Phi) is 7.28. The van der Waals surface area contributed by atoms with Crippen LogP contribution in [0.1, 0.15) is 15.9 Å². The first-order chi connectivity index (χ1) is 14.9. The van der Waals surface area contributed by atoms with E-state index in [1.807, 2.05) is 19.1 Å². The molecule has 0 atom stereocenters. The third-order valence-electron chi connectivity index (χ3n) is 4.48. The van der Waals surface area contributed by atoms with Crippen LogP contribution in [0.2, 0.25) is 0 Å². The van der Waals surface area contributed by atoms with E-state index in [1.54, 1.807) is 43.5 Å². The fraction of sp³-hybridized carbons (Fsp3) is 0.174. The van der Waals surface area contributed by atoms with Gasteiger partial charge < -0.3 is 14.8 Å². The minimum atomic E-state index is -3.76. The lowest BCUT2D eigenvalue weighted by Gasteiger charge is -2.11. The van der Waals surface area contributed by atoms with Crippen LogP contribution in [-0.4, -0.2) is 34.6 Å². The van der Waals surface area contributed by atoms with Gasteiger partial charge in [-0.25, -0.2) is 8.42 Å². The summed E-state index contributed by atoms with van der Waals surface area (Å²) < 4.78 is 38.2. The second-order valence-electron chi connectivity index (χ2n) is 6.76. The molecule has 0 saturated heterocycles. The number of carbonyl (C=O) groups is 1. The first-order valence-corrected chi connectivity index (χ1v) is 11.1. The van der Waals surface area contributed by atoms with Gasteiger partial charge in [0, 0.05) is 18.4 Å². The molecule has 1 amide bonds. The molecule has 3 aromatic rings. The molecule has 0 spiro atoms. The number of benzene rings is 3. The van der Waals surface area contributed by atoms with Crippen molar-refractivity contribution < 1.29 is 22.7 Å². The van der Waals surface area contributed by atoms with Crippen molar-refractivity contribution in [3.05, 3.63) is 83.9 Å². The van der Waals surface area contributed by atoms with Crippen LogP contribution in [0.25, 0.3) is 0 Å². The number of para-hydroxylation sites is 1. The van der Waals surface area contributed by atoms with Crippen LogP contribution < -0.4 is 14.8 Å². The Morgan fingerprint density at radius 2 is 1.58 bits per heavy atom. The zero-order valence-electron chi connectivity index (χ0n) is 17.3. The van der Waals surface area contributed by atoms with Gasteiger partial charge in [-0.3, -0.25) is 9.52 Å². The van der Waals surface area contributed by atoms with E-state index in [1.165, 1.54) is 24.3 Å².